The molecule has 140 valence electrons. The van der Waals surface area contributed by atoms with Gasteiger partial charge in [-0.05, 0) is 6.92 Å². The van der Waals surface area contributed by atoms with Gasteiger partial charge >= 0.3 is 12.0 Å². The van der Waals surface area contributed by atoms with Gasteiger partial charge in [0, 0.05) is 0 Å². The van der Waals surface area contributed by atoms with Crippen LogP contribution in [-0.2, 0) is 9.59 Å². The zero-order valence-corrected chi connectivity index (χ0v) is 13.2. The number of rotatable bonds is 9. The minimum Gasteiger partial charge on any atom is -0.480 e. The quantitative estimate of drug-likeness (QED) is 0.238. The Hall–Kier alpha value is -2.77. The molecule has 13 heteroatoms. The van der Waals surface area contributed by atoms with Gasteiger partial charge in [-0.2, -0.15) is 0 Å². The van der Waals surface area contributed by atoms with E-state index in [1.165, 1.54) is 6.92 Å². The van der Waals surface area contributed by atoms with E-state index in [1.54, 1.807) is 0 Å². The second-order valence-electron chi connectivity index (χ2n) is 5.16. The van der Waals surface area contributed by atoms with Crippen LogP contribution in [0, 0.1) is 0 Å². The number of carboxylic acid groups (broad SMARTS) is 1. The number of nitrogens with one attached hydrogen (secondary N) is 2. The molecule has 3 amide bonds. The summed E-state index contributed by atoms with van der Waals surface area (Å²) in [4.78, 5) is 34.0. The van der Waals surface area contributed by atoms with Crippen molar-refractivity contribution in [2.75, 3.05) is 6.61 Å². The summed E-state index contributed by atoms with van der Waals surface area (Å²) in [7, 11) is 0. The molecule has 0 aromatic carbocycles. The maximum atomic E-state index is 11.9. The minimum absolute atomic E-state index is 0.124. The number of amides is 3. The molecule has 0 aliphatic rings. The molecule has 1 aromatic heterocycles. The third-order valence-corrected chi connectivity index (χ3v) is 3.01. The fraction of sp³-hybridized carbons (Fsp3) is 0.583. The van der Waals surface area contributed by atoms with Crippen LogP contribution in [-0.4, -0.2) is 62.2 Å². The number of aliphatic hydroxyl groups is 2. The Labute approximate surface area is 141 Å². The Morgan fingerprint density at radius 3 is 2.32 bits per heavy atom. The van der Waals surface area contributed by atoms with Crippen LogP contribution in [0.3, 0.4) is 0 Å². The van der Waals surface area contributed by atoms with Crippen LogP contribution >= 0.6 is 0 Å². The third kappa shape index (κ3) is 5.98. The van der Waals surface area contributed by atoms with E-state index in [0.717, 1.165) is 0 Å². The third-order valence-electron chi connectivity index (χ3n) is 3.01. The molecule has 0 spiro atoms. The predicted molar refractivity (Wildman–Crippen MR) is 79.6 cm³/mol. The molecule has 1 unspecified atom stereocenters. The maximum absolute atomic E-state index is 11.9. The maximum Gasteiger partial charge on any atom is 0.328 e. The van der Waals surface area contributed by atoms with Crippen molar-refractivity contribution in [3.8, 4) is 0 Å². The zero-order chi connectivity index (χ0) is 19.1. The van der Waals surface area contributed by atoms with Crippen molar-refractivity contribution in [3.63, 3.8) is 0 Å². The number of nitrogens with zero attached hydrogens (tertiary/aromatic N) is 2. The molecule has 0 fully saturated rings. The molecule has 0 bridgehead atoms. The summed E-state index contributed by atoms with van der Waals surface area (Å²) < 4.78 is 5.18. The van der Waals surface area contributed by atoms with Crippen LogP contribution in [0.5, 0.6) is 0 Å². The predicted octanol–water partition coefficient (Wildman–Crippen LogP) is -2.89. The number of primary amides is 1. The summed E-state index contributed by atoms with van der Waals surface area (Å²) in [5.41, 5.74) is 10.6. The standard InChI is InChI=1S/C12H20N6O7/c1-4(20)8(11(22)23)16-12(24)15-6(2-7(14)21)10-18-17-9(25-10)5(13)3-19/h4-6,8,19-20H,2-3,13H2,1H3,(H2,14,21)(H,22,23)(H2,15,16,24)/t4?,5-,6-,8-/m0/s1. The molecule has 0 aliphatic heterocycles. The number of aromatic nitrogens is 2. The second-order valence-corrected chi connectivity index (χ2v) is 5.16. The highest BCUT2D eigenvalue weighted by atomic mass is 16.4. The topological polar surface area (TPSA) is 227 Å². The van der Waals surface area contributed by atoms with E-state index in [4.69, 9.17) is 26.1 Å². The summed E-state index contributed by atoms with van der Waals surface area (Å²) in [5.74, 6) is -2.59. The molecule has 4 atom stereocenters. The highest BCUT2D eigenvalue weighted by Crippen LogP contribution is 2.17. The minimum atomic E-state index is -1.57. The normalized spacial score (nSPS) is 15.7. The van der Waals surface area contributed by atoms with E-state index in [1.807, 2.05) is 5.32 Å². The van der Waals surface area contributed by atoms with E-state index in [9.17, 15) is 19.5 Å². The van der Waals surface area contributed by atoms with Gasteiger partial charge in [-0.1, -0.05) is 0 Å². The number of carbonyl (C=O) groups is 3. The SMILES string of the molecule is CC(O)[C@H](NC(=O)N[C@@H](CC(N)=O)c1nnc([C@@H](N)CO)o1)C(=O)O. The molecule has 1 aromatic rings. The molecule has 1 heterocycles. The van der Waals surface area contributed by atoms with Crippen LogP contribution in [0.25, 0.3) is 0 Å². The first-order chi connectivity index (χ1) is 11.6. The Morgan fingerprint density at radius 1 is 1.24 bits per heavy atom. The van der Waals surface area contributed by atoms with Crippen LogP contribution in [0.15, 0.2) is 4.42 Å². The summed E-state index contributed by atoms with van der Waals surface area (Å²) in [5, 5.41) is 38.7. The van der Waals surface area contributed by atoms with Crippen molar-refractivity contribution in [3.05, 3.63) is 11.8 Å². The molecular weight excluding hydrogens is 340 g/mol. The monoisotopic (exact) mass is 360 g/mol. The number of nitrogens with two attached hydrogens (primary N) is 2. The van der Waals surface area contributed by atoms with E-state index in [-0.39, 0.29) is 11.8 Å². The number of aliphatic hydroxyl groups excluding tert-OH is 2. The number of carbonyl (C=O) groups excluding carboxylic acids is 2. The van der Waals surface area contributed by atoms with Crippen molar-refractivity contribution >= 4 is 17.9 Å². The van der Waals surface area contributed by atoms with Gasteiger partial charge < -0.3 is 41.8 Å². The lowest BCUT2D eigenvalue weighted by Gasteiger charge is -2.19. The second kappa shape index (κ2) is 8.91. The van der Waals surface area contributed by atoms with Gasteiger partial charge in [0.2, 0.25) is 17.7 Å². The number of aliphatic carboxylic acids is 1. The number of hydrogen-bond donors (Lipinski definition) is 7. The van der Waals surface area contributed by atoms with Gasteiger partial charge in [0.25, 0.3) is 0 Å². The Morgan fingerprint density at radius 2 is 1.84 bits per heavy atom. The summed E-state index contributed by atoms with van der Waals surface area (Å²) in [6.07, 6.45) is -1.79. The summed E-state index contributed by atoms with van der Waals surface area (Å²) in [6.45, 7) is 0.714. The highest BCUT2D eigenvalue weighted by molar-refractivity contribution is 5.83. The first-order valence-electron chi connectivity index (χ1n) is 7.11. The molecule has 0 aliphatic carbocycles. The van der Waals surface area contributed by atoms with Crippen LogP contribution in [0.4, 0.5) is 4.79 Å². The van der Waals surface area contributed by atoms with E-state index >= 15 is 0 Å². The molecule has 9 N–H and O–H groups in total. The molecule has 0 saturated heterocycles. The zero-order valence-electron chi connectivity index (χ0n) is 13.2. The lowest BCUT2D eigenvalue weighted by molar-refractivity contribution is -0.141. The van der Waals surface area contributed by atoms with Crippen molar-refractivity contribution in [1.29, 1.82) is 0 Å². The Kier molecular flexibility index (Phi) is 7.22. The lowest BCUT2D eigenvalue weighted by Crippen LogP contribution is -2.52. The van der Waals surface area contributed by atoms with Gasteiger partial charge in [-0.15, -0.1) is 10.2 Å². The van der Waals surface area contributed by atoms with E-state index in [0.29, 0.717) is 0 Å². The first-order valence-corrected chi connectivity index (χ1v) is 7.11. The lowest BCUT2D eigenvalue weighted by atomic mass is 10.2. The average Bonchev–Trinajstić information content (AvgIpc) is 3.00. The molecular formula is C12H20N6O7. The van der Waals surface area contributed by atoms with Crippen molar-refractivity contribution in [2.45, 2.75) is 37.6 Å². The largest absolute Gasteiger partial charge is 0.480 e. The molecule has 1 rings (SSSR count). The van der Waals surface area contributed by atoms with Gasteiger partial charge in [0.1, 0.15) is 12.1 Å². The molecule has 13 nitrogen and oxygen atoms in total. The van der Waals surface area contributed by atoms with E-state index in [2.05, 4.69) is 15.5 Å². The van der Waals surface area contributed by atoms with E-state index < -0.39 is 55.2 Å². The van der Waals surface area contributed by atoms with Gasteiger partial charge in [0.05, 0.1) is 19.1 Å². The number of carboxylic acids is 1. The Bertz CT molecular complexity index is 619. The average molecular weight is 360 g/mol. The molecule has 25 heavy (non-hydrogen) atoms. The van der Waals surface area contributed by atoms with Crippen molar-refractivity contribution in [2.24, 2.45) is 11.5 Å². The number of urea groups is 1. The molecule has 0 saturated carbocycles. The van der Waals surface area contributed by atoms with Crippen molar-refractivity contribution < 1.29 is 34.1 Å². The van der Waals surface area contributed by atoms with Crippen LogP contribution in [0.2, 0.25) is 0 Å². The van der Waals surface area contributed by atoms with Crippen molar-refractivity contribution in [1.82, 2.24) is 20.8 Å². The van der Waals surface area contributed by atoms with Gasteiger partial charge in [-0.25, -0.2) is 9.59 Å². The Balaban J connectivity index is 2.89. The summed E-state index contributed by atoms with van der Waals surface area (Å²) >= 11 is 0. The van der Waals surface area contributed by atoms with Gasteiger partial charge in [-0.3, -0.25) is 4.79 Å². The highest BCUT2D eigenvalue weighted by Gasteiger charge is 2.28. The smallest absolute Gasteiger partial charge is 0.328 e. The molecule has 0 radical (unpaired) electrons. The summed E-state index contributed by atoms with van der Waals surface area (Å²) in [6, 6.07) is -4.69. The van der Waals surface area contributed by atoms with Crippen LogP contribution in [0.1, 0.15) is 37.2 Å². The fourth-order valence-corrected chi connectivity index (χ4v) is 1.75. The first kappa shape index (κ1) is 20.3. The van der Waals surface area contributed by atoms with Gasteiger partial charge in [0.15, 0.2) is 6.04 Å². The number of hydrogen-bond acceptors (Lipinski definition) is 9. The van der Waals surface area contributed by atoms with Crippen LogP contribution < -0.4 is 22.1 Å². The fourth-order valence-electron chi connectivity index (χ4n) is 1.75.